The Kier molecular flexibility index (Phi) is 8.34. The number of phenolic OH excluding ortho intramolecular Hbond substituents is 1. The van der Waals surface area contributed by atoms with Gasteiger partial charge >= 0.3 is 0 Å². The molecule has 0 aromatic heterocycles. The van der Waals surface area contributed by atoms with Crippen LogP contribution >= 0.6 is 0 Å². The van der Waals surface area contributed by atoms with Crippen molar-refractivity contribution in [3.8, 4) is 34.8 Å². The number of benzene rings is 2. The number of nitrogens with zero attached hydrogens (tertiary/aromatic N) is 1. The summed E-state index contributed by atoms with van der Waals surface area (Å²) in [5.41, 5.74) is 1.39. The summed E-state index contributed by atoms with van der Waals surface area (Å²) in [6.45, 7) is 0.160. The smallest absolute Gasteiger partial charge is 0.262 e. The number of amides is 1. The first-order valence-electron chi connectivity index (χ1n) is 9.19. The topological polar surface area (TPSA) is 110 Å². The summed E-state index contributed by atoms with van der Waals surface area (Å²) in [5.74, 6) is 1.22. The summed E-state index contributed by atoms with van der Waals surface area (Å²) < 4.78 is 20.9. The zero-order valence-electron chi connectivity index (χ0n) is 17.8. The van der Waals surface area contributed by atoms with Gasteiger partial charge in [-0.25, -0.2) is 0 Å². The van der Waals surface area contributed by atoms with Gasteiger partial charge in [0.1, 0.15) is 11.6 Å². The predicted octanol–water partition coefficient (Wildman–Crippen LogP) is 3.21. The zero-order valence-corrected chi connectivity index (χ0v) is 17.8. The van der Waals surface area contributed by atoms with Gasteiger partial charge in [-0.15, -0.1) is 0 Å². The highest BCUT2D eigenvalue weighted by molar-refractivity contribution is 5.97. The van der Waals surface area contributed by atoms with Gasteiger partial charge in [0, 0.05) is 6.54 Å². The Bertz CT molecular complexity index is 1010. The standard InChI is InChI=1S/C23H24N2O6/c1-28-19-10-15(8-9-18(19)26)6-5-7-17(13-24)23(27)25-14-16-11-20(29-2)22(31-4)21(12-16)30-3/h5-12,26H,14H2,1-4H3,(H,25,27)/b6-5+,17-7+. The molecule has 0 unspecified atom stereocenters. The van der Waals surface area contributed by atoms with Gasteiger partial charge in [-0.3, -0.25) is 4.79 Å². The van der Waals surface area contributed by atoms with E-state index in [0.717, 1.165) is 5.56 Å². The minimum atomic E-state index is -0.524. The van der Waals surface area contributed by atoms with Gasteiger partial charge < -0.3 is 29.4 Å². The molecule has 0 saturated carbocycles. The van der Waals surface area contributed by atoms with Crippen LogP contribution in [0.3, 0.4) is 0 Å². The molecule has 0 heterocycles. The van der Waals surface area contributed by atoms with E-state index in [4.69, 9.17) is 18.9 Å². The van der Waals surface area contributed by atoms with Crippen LogP contribution in [-0.2, 0) is 11.3 Å². The van der Waals surface area contributed by atoms with E-state index in [0.29, 0.717) is 28.6 Å². The molecular weight excluding hydrogens is 400 g/mol. The minimum Gasteiger partial charge on any atom is -0.504 e. The van der Waals surface area contributed by atoms with Crippen LogP contribution in [0.15, 0.2) is 48.1 Å². The van der Waals surface area contributed by atoms with Crippen molar-refractivity contribution in [2.45, 2.75) is 6.54 Å². The predicted molar refractivity (Wildman–Crippen MR) is 115 cm³/mol. The van der Waals surface area contributed by atoms with Crippen LogP contribution in [0.2, 0.25) is 0 Å². The number of carbonyl (C=O) groups excluding carboxylic acids is 1. The summed E-state index contributed by atoms with van der Waals surface area (Å²) in [7, 11) is 5.97. The minimum absolute atomic E-state index is 0.0269. The molecule has 2 aromatic carbocycles. The van der Waals surface area contributed by atoms with E-state index in [1.165, 1.54) is 40.6 Å². The molecule has 0 aliphatic carbocycles. The lowest BCUT2D eigenvalue weighted by Gasteiger charge is -2.14. The molecule has 0 fully saturated rings. The van der Waals surface area contributed by atoms with E-state index < -0.39 is 5.91 Å². The van der Waals surface area contributed by atoms with E-state index in [9.17, 15) is 15.2 Å². The van der Waals surface area contributed by atoms with Crippen molar-refractivity contribution in [3.63, 3.8) is 0 Å². The fourth-order valence-corrected chi connectivity index (χ4v) is 2.73. The normalized spacial score (nSPS) is 11.0. The third-order valence-electron chi connectivity index (χ3n) is 4.30. The fourth-order valence-electron chi connectivity index (χ4n) is 2.73. The molecule has 8 heteroatoms. The lowest BCUT2D eigenvalue weighted by molar-refractivity contribution is -0.117. The third-order valence-corrected chi connectivity index (χ3v) is 4.30. The Morgan fingerprint density at radius 1 is 1.03 bits per heavy atom. The molecule has 8 nitrogen and oxygen atoms in total. The third kappa shape index (κ3) is 5.93. The summed E-state index contributed by atoms with van der Waals surface area (Å²) in [5, 5.41) is 21.6. The largest absolute Gasteiger partial charge is 0.504 e. The monoisotopic (exact) mass is 424 g/mol. The first kappa shape index (κ1) is 23.2. The molecule has 162 valence electrons. The Labute approximate surface area is 180 Å². The average Bonchev–Trinajstić information content (AvgIpc) is 2.80. The van der Waals surface area contributed by atoms with Crippen LogP contribution in [-0.4, -0.2) is 39.5 Å². The number of nitriles is 1. The van der Waals surface area contributed by atoms with Crippen molar-refractivity contribution in [2.75, 3.05) is 28.4 Å². The number of ether oxygens (including phenoxy) is 4. The van der Waals surface area contributed by atoms with Crippen molar-refractivity contribution < 1.29 is 28.8 Å². The van der Waals surface area contributed by atoms with Crippen LogP contribution in [0.25, 0.3) is 6.08 Å². The van der Waals surface area contributed by atoms with Gasteiger partial charge in [0.15, 0.2) is 23.0 Å². The van der Waals surface area contributed by atoms with Gasteiger partial charge in [0.2, 0.25) is 5.75 Å². The first-order valence-corrected chi connectivity index (χ1v) is 9.19. The summed E-state index contributed by atoms with van der Waals surface area (Å²) in [6.07, 6.45) is 4.67. The number of hydrogen-bond acceptors (Lipinski definition) is 7. The quantitative estimate of drug-likeness (QED) is 0.361. The van der Waals surface area contributed by atoms with Crippen molar-refractivity contribution in [1.82, 2.24) is 5.32 Å². The number of phenols is 1. The second kappa shape index (κ2) is 11.2. The number of rotatable bonds is 9. The summed E-state index contributed by atoms with van der Waals surface area (Å²) in [6, 6.07) is 10.1. The van der Waals surface area contributed by atoms with Gasteiger partial charge in [-0.05, 0) is 41.5 Å². The molecule has 2 N–H and O–H groups in total. The molecule has 2 aromatic rings. The van der Waals surface area contributed by atoms with E-state index in [2.05, 4.69) is 5.32 Å². The molecule has 0 aliphatic rings. The maximum Gasteiger partial charge on any atom is 0.262 e. The van der Waals surface area contributed by atoms with Gasteiger partial charge in [-0.2, -0.15) is 5.26 Å². The Balaban J connectivity index is 2.10. The highest BCUT2D eigenvalue weighted by atomic mass is 16.5. The van der Waals surface area contributed by atoms with Gasteiger partial charge in [0.25, 0.3) is 5.91 Å². The highest BCUT2D eigenvalue weighted by Crippen LogP contribution is 2.38. The molecule has 0 saturated heterocycles. The number of nitrogens with one attached hydrogen (secondary N) is 1. The second-order valence-corrected chi connectivity index (χ2v) is 6.20. The molecule has 0 aliphatic heterocycles. The molecule has 0 bridgehead atoms. The van der Waals surface area contributed by atoms with E-state index in [-0.39, 0.29) is 17.9 Å². The van der Waals surface area contributed by atoms with E-state index in [1.807, 2.05) is 6.07 Å². The Hall–Kier alpha value is -4.12. The van der Waals surface area contributed by atoms with Gasteiger partial charge in [0.05, 0.1) is 28.4 Å². The number of aromatic hydroxyl groups is 1. The van der Waals surface area contributed by atoms with Crippen LogP contribution in [0, 0.1) is 11.3 Å². The number of hydrogen-bond donors (Lipinski definition) is 2. The lowest BCUT2D eigenvalue weighted by Crippen LogP contribution is -2.24. The first-order chi connectivity index (χ1) is 15.0. The van der Waals surface area contributed by atoms with Crippen LogP contribution in [0.1, 0.15) is 11.1 Å². The maximum atomic E-state index is 12.4. The highest BCUT2D eigenvalue weighted by Gasteiger charge is 2.14. The molecular formula is C23H24N2O6. The summed E-state index contributed by atoms with van der Waals surface area (Å²) in [4.78, 5) is 12.4. The van der Waals surface area contributed by atoms with Crippen molar-refractivity contribution >= 4 is 12.0 Å². The molecule has 0 spiro atoms. The Morgan fingerprint density at radius 2 is 1.68 bits per heavy atom. The number of allylic oxidation sites excluding steroid dienone is 2. The SMILES string of the molecule is COc1cc(/C=C/C=C(\C#N)C(=O)NCc2cc(OC)c(OC)c(OC)c2)ccc1O. The van der Waals surface area contributed by atoms with E-state index in [1.54, 1.807) is 36.4 Å². The van der Waals surface area contributed by atoms with Crippen molar-refractivity contribution in [1.29, 1.82) is 5.26 Å². The zero-order chi connectivity index (χ0) is 22.8. The molecule has 2 rings (SSSR count). The van der Waals surface area contributed by atoms with Crippen LogP contribution in [0.4, 0.5) is 0 Å². The molecule has 0 atom stereocenters. The maximum absolute atomic E-state index is 12.4. The summed E-state index contributed by atoms with van der Waals surface area (Å²) >= 11 is 0. The number of carbonyl (C=O) groups is 1. The van der Waals surface area contributed by atoms with Crippen molar-refractivity contribution in [2.24, 2.45) is 0 Å². The number of methoxy groups -OCH3 is 4. The average molecular weight is 424 g/mol. The molecule has 1 amide bonds. The fraction of sp³-hybridized carbons (Fsp3) is 0.217. The molecule has 0 radical (unpaired) electrons. The van der Waals surface area contributed by atoms with Crippen LogP contribution < -0.4 is 24.3 Å². The second-order valence-electron chi connectivity index (χ2n) is 6.20. The van der Waals surface area contributed by atoms with E-state index >= 15 is 0 Å². The van der Waals surface area contributed by atoms with Gasteiger partial charge in [-0.1, -0.05) is 18.2 Å². The Morgan fingerprint density at radius 3 is 2.23 bits per heavy atom. The van der Waals surface area contributed by atoms with Crippen LogP contribution in [0.5, 0.6) is 28.7 Å². The van der Waals surface area contributed by atoms with Crippen molar-refractivity contribution in [3.05, 3.63) is 59.2 Å². The lowest BCUT2D eigenvalue weighted by atomic mass is 10.1. The molecule has 31 heavy (non-hydrogen) atoms.